The van der Waals surface area contributed by atoms with Crippen molar-refractivity contribution in [2.24, 2.45) is 0 Å². The molecule has 1 aliphatic rings. The van der Waals surface area contributed by atoms with Crippen molar-refractivity contribution in [1.29, 1.82) is 0 Å². The van der Waals surface area contributed by atoms with Crippen LogP contribution >= 0.6 is 33.9 Å². The summed E-state index contributed by atoms with van der Waals surface area (Å²) in [6.07, 6.45) is 3.12. The normalized spacial score (nSPS) is 19.9. The zero-order chi connectivity index (χ0) is 14.8. The molecule has 112 valence electrons. The lowest BCUT2D eigenvalue weighted by Crippen LogP contribution is -2.25. The maximum absolute atomic E-state index is 11.3. The van der Waals surface area contributed by atoms with Gasteiger partial charge in [-0.1, -0.05) is 23.2 Å². The fraction of sp³-hybridized carbons (Fsp3) is 0.500. The number of hydrogen-bond donors (Lipinski definition) is 0. The summed E-state index contributed by atoms with van der Waals surface area (Å²) in [5.41, 5.74) is 0. The van der Waals surface area contributed by atoms with Gasteiger partial charge in [0.15, 0.2) is 0 Å². The van der Waals surface area contributed by atoms with Gasteiger partial charge in [-0.3, -0.25) is 0 Å². The minimum atomic E-state index is -3.93. The second-order valence-electron chi connectivity index (χ2n) is 4.43. The molecule has 1 fully saturated rings. The fourth-order valence-corrected chi connectivity index (χ4v) is 3.72. The van der Waals surface area contributed by atoms with Crippen LogP contribution in [0.1, 0.15) is 19.3 Å². The molecule has 0 N–H and O–H groups in total. The van der Waals surface area contributed by atoms with Crippen molar-refractivity contribution < 1.29 is 17.9 Å². The van der Waals surface area contributed by atoms with E-state index in [-0.39, 0.29) is 21.0 Å². The van der Waals surface area contributed by atoms with Crippen LogP contribution < -0.4 is 4.74 Å². The van der Waals surface area contributed by atoms with E-state index in [0.29, 0.717) is 12.4 Å². The molecule has 1 aromatic rings. The summed E-state index contributed by atoms with van der Waals surface area (Å²) in [5, 5.41) is -0.104. The predicted octanol–water partition coefficient (Wildman–Crippen LogP) is 3.87. The minimum absolute atomic E-state index is 0.0232. The van der Waals surface area contributed by atoms with Gasteiger partial charge in [-0.05, 0) is 31.4 Å². The van der Waals surface area contributed by atoms with Crippen molar-refractivity contribution >= 4 is 42.9 Å². The van der Waals surface area contributed by atoms with Crippen molar-refractivity contribution in [3.63, 3.8) is 0 Å². The van der Waals surface area contributed by atoms with Crippen LogP contribution in [-0.4, -0.2) is 27.7 Å². The highest BCUT2D eigenvalue weighted by molar-refractivity contribution is 8.13. The number of halogens is 3. The van der Waals surface area contributed by atoms with E-state index in [1.165, 1.54) is 12.1 Å². The van der Waals surface area contributed by atoms with Gasteiger partial charge < -0.3 is 9.47 Å². The van der Waals surface area contributed by atoms with Gasteiger partial charge in [-0.2, -0.15) is 0 Å². The molecule has 20 heavy (non-hydrogen) atoms. The van der Waals surface area contributed by atoms with Gasteiger partial charge in [0.2, 0.25) is 0 Å². The average molecular weight is 360 g/mol. The molecule has 1 saturated heterocycles. The van der Waals surface area contributed by atoms with Crippen LogP contribution in [0.4, 0.5) is 0 Å². The summed E-state index contributed by atoms with van der Waals surface area (Å²) in [6.45, 7) is 1.08. The lowest BCUT2D eigenvalue weighted by Gasteiger charge is -2.23. The molecular formula is C12H13Cl3O4S. The van der Waals surface area contributed by atoms with Gasteiger partial charge in [-0.25, -0.2) is 8.42 Å². The number of hydrogen-bond acceptors (Lipinski definition) is 4. The monoisotopic (exact) mass is 358 g/mol. The van der Waals surface area contributed by atoms with Crippen LogP contribution in [0.5, 0.6) is 5.75 Å². The molecule has 0 aliphatic carbocycles. The molecule has 1 aromatic carbocycles. The highest BCUT2D eigenvalue weighted by atomic mass is 35.7. The second-order valence-corrected chi connectivity index (χ2v) is 7.72. The summed E-state index contributed by atoms with van der Waals surface area (Å²) in [6, 6.07) is 2.71. The van der Waals surface area contributed by atoms with E-state index in [0.717, 1.165) is 25.9 Å². The molecule has 1 heterocycles. The van der Waals surface area contributed by atoms with E-state index in [1.54, 1.807) is 0 Å². The van der Waals surface area contributed by atoms with Crippen molar-refractivity contribution in [3.8, 4) is 5.75 Å². The van der Waals surface area contributed by atoms with E-state index in [2.05, 4.69) is 0 Å². The van der Waals surface area contributed by atoms with Gasteiger partial charge in [0.25, 0.3) is 9.05 Å². The maximum atomic E-state index is 11.3. The summed E-state index contributed by atoms with van der Waals surface area (Å²) >= 11 is 11.9. The van der Waals surface area contributed by atoms with Crippen molar-refractivity contribution in [1.82, 2.24) is 0 Å². The van der Waals surface area contributed by atoms with E-state index in [4.69, 9.17) is 43.4 Å². The summed E-state index contributed by atoms with van der Waals surface area (Å²) < 4.78 is 33.6. The van der Waals surface area contributed by atoms with Crippen LogP contribution in [0.15, 0.2) is 17.0 Å². The van der Waals surface area contributed by atoms with E-state index < -0.39 is 9.05 Å². The SMILES string of the molecule is O=S(=O)(Cl)c1ccc(OCC2CCCCO2)c(Cl)c1Cl. The van der Waals surface area contributed by atoms with Gasteiger partial charge in [0.1, 0.15) is 22.3 Å². The second kappa shape index (κ2) is 6.71. The molecule has 0 radical (unpaired) electrons. The third kappa shape index (κ3) is 3.92. The van der Waals surface area contributed by atoms with Gasteiger partial charge in [0.05, 0.1) is 11.1 Å². The molecule has 1 aliphatic heterocycles. The first-order chi connectivity index (χ1) is 9.39. The molecule has 4 nitrogen and oxygen atoms in total. The summed E-state index contributed by atoms with van der Waals surface area (Å²) in [5.74, 6) is 0.315. The Morgan fingerprint density at radius 1 is 1.25 bits per heavy atom. The first kappa shape index (κ1) is 16.2. The molecular weight excluding hydrogens is 347 g/mol. The predicted molar refractivity (Wildman–Crippen MR) is 78.6 cm³/mol. The Morgan fingerprint density at radius 2 is 2.00 bits per heavy atom. The minimum Gasteiger partial charge on any atom is -0.489 e. The van der Waals surface area contributed by atoms with Gasteiger partial charge in [-0.15, -0.1) is 0 Å². The van der Waals surface area contributed by atoms with Crippen molar-refractivity contribution in [2.45, 2.75) is 30.3 Å². The van der Waals surface area contributed by atoms with E-state index in [9.17, 15) is 8.42 Å². The molecule has 2 rings (SSSR count). The summed E-state index contributed by atoms with van der Waals surface area (Å²) in [7, 11) is 1.32. The zero-order valence-corrected chi connectivity index (χ0v) is 13.5. The summed E-state index contributed by atoms with van der Waals surface area (Å²) in [4.78, 5) is -0.230. The molecule has 8 heteroatoms. The Hall–Kier alpha value is -0.200. The van der Waals surface area contributed by atoms with E-state index >= 15 is 0 Å². The quantitative estimate of drug-likeness (QED) is 0.766. The average Bonchev–Trinajstić information content (AvgIpc) is 2.40. The van der Waals surface area contributed by atoms with Gasteiger partial charge in [0, 0.05) is 17.3 Å². The molecule has 0 bridgehead atoms. The molecule has 1 unspecified atom stereocenters. The van der Waals surface area contributed by atoms with Crippen LogP contribution in [0.2, 0.25) is 10.0 Å². The number of rotatable bonds is 4. The van der Waals surface area contributed by atoms with Crippen LogP contribution in [0.3, 0.4) is 0 Å². The first-order valence-corrected chi connectivity index (χ1v) is 9.13. The van der Waals surface area contributed by atoms with Crippen LogP contribution in [-0.2, 0) is 13.8 Å². The molecule has 0 spiro atoms. The third-order valence-electron chi connectivity index (χ3n) is 2.97. The highest BCUT2D eigenvalue weighted by Gasteiger charge is 2.21. The zero-order valence-electron chi connectivity index (χ0n) is 10.4. The molecule has 1 atom stereocenters. The first-order valence-electron chi connectivity index (χ1n) is 6.06. The number of ether oxygens (including phenoxy) is 2. The van der Waals surface area contributed by atoms with Crippen LogP contribution in [0.25, 0.3) is 0 Å². The third-order valence-corrected chi connectivity index (χ3v) is 5.31. The Labute approximate surface area is 132 Å². The standard InChI is InChI=1S/C12H13Cl3O4S/c13-11-9(19-7-8-3-1-2-6-18-8)4-5-10(12(11)14)20(15,16)17/h4-5,8H,1-3,6-7H2. The number of benzene rings is 1. The smallest absolute Gasteiger partial charge is 0.262 e. The Balaban J connectivity index is 2.11. The maximum Gasteiger partial charge on any atom is 0.262 e. The molecule has 0 saturated carbocycles. The van der Waals surface area contributed by atoms with Crippen molar-refractivity contribution in [2.75, 3.05) is 13.2 Å². The Morgan fingerprint density at radius 3 is 2.60 bits per heavy atom. The topological polar surface area (TPSA) is 52.6 Å². The lowest BCUT2D eigenvalue weighted by molar-refractivity contribution is -0.0110. The Kier molecular flexibility index (Phi) is 5.42. The molecule has 0 aromatic heterocycles. The van der Waals surface area contributed by atoms with Gasteiger partial charge >= 0.3 is 0 Å². The van der Waals surface area contributed by atoms with E-state index in [1.807, 2.05) is 0 Å². The molecule has 0 amide bonds. The highest BCUT2D eigenvalue weighted by Crippen LogP contribution is 2.38. The lowest BCUT2D eigenvalue weighted by atomic mass is 10.1. The largest absolute Gasteiger partial charge is 0.489 e. The Bertz CT molecular complexity index is 583. The fourth-order valence-electron chi connectivity index (χ4n) is 1.94. The van der Waals surface area contributed by atoms with Crippen LogP contribution in [0, 0.1) is 0 Å². The van der Waals surface area contributed by atoms with Crippen molar-refractivity contribution in [3.05, 3.63) is 22.2 Å².